The Morgan fingerprint density at radius 2 is 1.48 bits per heavy atom. The molecular weight excluding hydrogens is 360 g/mol. The highest BCUT2D eigenvalue weighted by Crippen LogP contribution is 2.34. The molecular formula is C25H28N2O2. The van der Waals surface area contributed by atoms with Gasteiger partial charge in [0, 0.05) is 31.7 Å². The van der Waals surface area contributed by atoms with E-state index in [2.05, 4.69) is 54.0 Å². The molecule has 3 aromatic carbocycles. The molecule has 1 aliphatic rings. The lowest BCUT2D eigenvalue weighted by Crippen LogP contribution is -2.30. The molecule has 150 valence electrons. The highest BCUT2D eigenvalue weighted by atomic mass is 16.3. The molecule has 1 heterocycles. The van der Waals surface area contributed by atoms with Crippen LogP contribution in [0.15, 0.2) is 66.7 Å². The van der Waals surface area contributed by atoms with Crippen molar-refractivity contribution in [2.45, 2.75) is 33.1 Å². The van der Waals surface area contributed by atoms with E-state index in [1.165, 1.54) is 11.1 Å². The number of benzene rings is 3. The van der Waals surface area contributed by atoms with E-state index in [9.17, 15) is 10.2 Å². The number of nitrogens with zero attached hydrogens (tertiary/aromatic N) is 2. The molecule has 1 atom stereocenters. The average molecular weight is 389 g/mol. The van der Waals surface area contributed by atoms with Crippen LogP contribution in [0.25, 0.3) is 0 Å². The maximum atomic E-state index is 10.4. The molecule has 0 bridgehead atoms. The van der Waals surface area contributed by atoms with Gasteiger partial charge in [-0.15, -0.1) is 0 Å². The fourth-order valence-corrected chi connectivity index (χ4v) is 4.22. The maximum Gasteiger partial charge on any atom is 0.120 e. The summed E-state index contributed by atoms with van der Waals surface area (Å²) in [6.45, 7) is 7.47. The summed E-state index contributed by atoms with van der Waals surface area (Å²) in [7, 11) is 0. The molecule has 4 rings (SSSR count). The van der Waals surface area contributed by atoms with E-state index < -0.39 is 0 Å². The van der Waals surface area contributed by atoms with Gasteiger partial charge in [0.25, 0.3) is 0 Å². The largest absolute Gasteiger partial charge is 0.508 e. The Balaban J connectivity index is 1.64. The van der Waals surface area contributed by atoms with E-state index in [1.807, 2.05) is 24.3 Å². The minimum atomic E-state index is 0.123. The van der Waals surface area contributed by atoms with Crippen LogP contribution in [-0.4, -0.2) is 33.1 Å². The average Bonchev–Trinajstić information content (AvgIpc) is 3.10. The van der Waals surface area contributed by atoms with E-state index in [1.54, 1.807) is 12.1 Å². The monoisotopic (exact) mass is 388 g/mol. The molecule has 0 radical (unpaired) electrons. The minimum absolute atomic E-state index is 0.123. The Morgan fingerprint density at radius 1 is 0.793 bits per heavy atom. The maximum absolute atomic E-state index is 10.4. The van der Waals surface area contributed by atoms with Crippen molar-refractivity contribution in [3.8, 4) is 11.5 Å². The molecule has 0 aliphatic carbocycles. The normalized spacial score (nSPS) is 17.7. The second kappa shape index (κ2) is 8.27. The van der Waals surface area contributed by atoms with E-state index in [-0.39, 0.29) is 6.17 Å². The Bertz CT molecular complexity index is 926. The topological polar surface area (TPSA) is 46.9 Å². The van der Waals surface area contributed by atoms with E-state index >= 15 is 0 Å². The number of aryl methyl sites for hydroxylation is 2. The number of rotatable bonds is 5. The molecule has 1 aliphatic heterocycles. The molecule has 2 N–H and O–H groups in total. The van der Waals surface area contributed by atoms with Crippen LogP contribution in [-0.2, 0) is 13.1 Å². The summed E-state index contributed by atoms with van der Waals surface area (Å²) in [5.74, 6) is 0.660. The van der Waals surface area contributed by atoms with Crippen molar-refractivity contribution in [1.29, 1.82) is 0 Å². The standard InChI is InChI=1S/C25H28N2O2/c1-18-8-11-24(29)22(14-18)17-27-13-12-26(25(27)20-6-4-3-5-7-20)16-21-15-23(28)10-9-19(21)2/h3-11,14-15,25,28-29H,12-13,16-17H2,1-2H3. The van der Waals surface area contributed by atoms with Gasteiger partial charge in [-0.1, -0.05) is 54.1 Å². The molecule has 4 heteroatoms. The Labute approximate surface area is 172 Å². The predicted octanol–water partition coefficient (Wildman–Crippen LogP) is 4.73. The summed E-state index contributed by atoms with van der Waals surface area (Å²) >= 11 is 0. The number of aromatic hydroxyl groups is 2. The van der Waals surface area contributed by atoms with Crippen molar-refractivity contribution in [3.05, 3.63) is 94.5 Å². The van der Waals surface area contributed by atoms with E-state index in [4.69, 9.17) is 0 Å². The smallest absolute Gasteiger partial charge is 0.120 e. The lowest BCUT2D eigenvalue weighted by atomic mass is 10.1. The summed E-state index contributed by atoms with van der Waals surface area (Å²) in [4.78, 5) is 4.87. The molecule has 1 saturated heterocycles. The van der Waals surface area contributed by atoms with Gasteiger partial charge in [0.15, 0.2) is 0 Å². The molecule has 0 spiro atoms. The van der Waals surface area contributed by atoms with Crippen LogP contribution in [0.3, 0.4) is 0 Å². The number of phenols is 2. The Morgan fingerprint density at radius 3 is 2.21 bits per heavy atom. The molecule has 0 aromatic heterocycles. The molecule has 0 amide bonds. The predicted molar refractivity (Wildman–Crippen MR) is 116 cm³/mol. The second-order valence-electron chi connectivity index (χ2n) is 7.97. The van der Waals surface area contributed by atoms with Gasteiger partial charge in [0.05, 0.1) is 6.17 Å². The molecule has 3 aromatic rings. The lowest BCUT2D eigenvalue weighted by molar-refractivity contribution is 0.125. The Kier molecular flexibility index (Phi) is 5.56. The van der Waals surface area contributed by atoms with Gasteiger partial charge in [-0.2, -0.15) is 0 Å². The zero-order chi connectivity index (χ0) is 20.4. The third-order valence-electron chi connectivity index (χ3n) is 5.78. The van der Waals surface area contributed by atoms with Crippen LogP contribution >= 0.6 is 0 Å². The first-order valence-electron chi connectivity index (χ1n) is 10.1. The third-order valence-corrected chi connectivity index (χ3v) is 5.78. The first-order valence-corrected chi connectivity index (χ1v) is 10.1. The molecule has 29 heavy (non-hydrogen) atoms. The van der Waals surface area contributed by atoms with Crippen LogP contribution in [0, 0.1) is 13.8 Å². The van der Waals surface area contributed by atoms with E-state index in [0.717, 1.165) is 36.3 Å². The summed E-state index contributed by atoms with van der Waals surface area (Å²) in [6.07, 6.45) is 0.123. The fraction of sp³-hybridized carbons (Fsp3) is 0.280. The zero-order valence-electron chi connectivity index (χ0n) is 17.0. The molecule has 0 saturated carbocycles. The van der Waals surface area contributed by atoms with Gasteiger partial charge < -0.3 is 10.2 Å². The highest BCUT2D eigenvalue weighted by Gasteiger charge is 2.33. The summed E-state index contributed by atoms with van der Waals surface area (Å²) in [6, 6.07) is 21.9. The Hall–Kier alpha value is -2.82. The third kappa shape index (κ3) is 4.29. The van der Waals surface area contributed by atoms with Crippen LogP contribution in [0.2, 0.25) is 0 Å². The summed E-state index contributed by atoms with van der Waals surface area (Å²) in [5, 5.41) is 20.3. The van der Waals surface area contributed by atoms with Gasteiger partial charge >= 0.3 is 0 Å². The van der Waals surface area contributed by atoms with Crippen LogP contribution in [0.5, 0.6) is 11.5 Å². The van der Waals surface area contributed by atoms with Crippen LogP contribution in [0.4, 0.5) is 0 Å². The van der Waals surface area contributed by atoms with Crippen molar-refractivity contribution in [2.24, 2.45) is 0 Å². The SMILES string of the molecule is Cc1ccc(O)c(CN2CCN(Cc3cc(O)ccc3C)C2c2ccccc2)c1. The van der Waals surface area contributed by atoms with Gasteiger partial charge in [0.2, 0.25) is 0 Å². The van der Waals surface area contributed by atoms with Gasteiger partial charge in [-0.25, -0.2) is 0 Å². The molecule has 1 fully saturated rings. The van der Waals surface area contributed by atoms with Gasteiger partial charge in [0.1, 0.15) is 11.5 Å². The number of hydrogen-bond donors (Lipinski definition) is 2. The lowest BCUT2D eigenvalue weighted by Gasteiger charge is -2.31. The molecule has 4 nitrogen and oxygen atoms in total. The van der Waals surface area contributed by atoms with E-state index in [0.29, 0.717) is 18.0 Å². The first kappa shape index (κ1) is 19.5. The van der Waals surface area contributed by atoms with Crippen LogP contribution < -0.4 is 0 Å². The fourth-order valence-electron chi connectivity index (χ4n) is 4.22. The van der Waals surface area contributed by atoms with Crippen molar-refractivity contribution in [3.63, 3.8) is 0 Å². The summed E-state index contributed by atoms with van der Waals surface area (Å²) < 4.78 is 0. The second-order valence-corrected chi connectivity index (χ2v) is 7.97. The number of hydrogen-bond acceptors (Lipinski definition) is 4. The van der Waals surface area contributed by atoms with Gasteiger partial charge in [-0.05, 0) is 48.7 Å². The van der Waals surface area contributed by atoms with Gasteiger partial charge in [-0.3, -0.25) is 9.80 Å². The highest BCUT2D eigenvalue weighted by molar-refractivity contribution is 5.36. The van der Waals surface area contributed by atoms with Crippen molar-refractivity contribution in [2.75, 3.05) is 13.1 Å². The van der Waals surface area contributed by atoms with Crippen molar-refractivity contribution in [1.82, 2.24) is 9.80 Å². The van der Waals surface area contributed by atoms with Crippen molar-refractivity contribution >= 4 is 0 Å². The quantitative estimate of drug-likeness (QED) is 0.663. The van der Waals surface area contributed by atoms with Crippen molar-refractivity contribution < 1.29 is 10.2 Å². The molecule has 1 unspecified atom stereocenters. The first-order chi connectivity index (χ1) is 14.0. The van der Waals surface area contributed by atoms with Crippen LogP contribution in [0.1, 0.15) is 34.0 Å². The number of phenolic OH excluding ortho intramolecular Hbond substituents is 2. The summed E-state index contributed by atoms with van der Waals surface area (Å²) in [5.41, 5.74) is 5.69. The minimum Gasteiger partial charge on any atom is -0.508 e. The zero-order valence-corrected chi connectivity index (χ0v) is 17.0.